The molecule has 2 N–H and O–H groups in total. The molecule has 0 fully saturated rings. The van der Waals surface area contributed by atoms with Gasteiger partial charge in [0.1, 0.15) is 12.4 Å². The molecule has 3 aromatic carbocycles. The van der Waals surface area contributed by atoms with Crippen molar-refractivity contribution in [3.8, 4) is 16.9 Å². The van der Waals surface area contributed by atoms with Gasteiger partial charge in [-0.1, -0.05) is 55.0 Å². The number of anilines is 2. The fraction of sp³-hybridized carbons (Fsp3) is 0.233. The first-order valence-corrected chi connectivity index (χ1v) is 13.8. The SMILES string of the molecule is CCCN(CC(=O)Nc1cc(-c2ccccc2)nn1-c1ccc(C)cc1C)C(=O)Nc1ccc(SC)cc1. The van der Waals surface area contributed by atoms with Crippen molar-refractivity contribution in [2.45, 2.75) is 32.1 Å². The zero-order valence-electron chi connectivity index (χ0n) is 22.2. The number of benzene rings is 3. The fourth-order valence-corrected chi connectivity index (χ4v) is 4.61. The summed E-state index contributed by atoms with van der Waals surface area (Å²) in [6, 6.07) is 25.1. The second kappa shape index (κ2) is 12.5. The average Bonchev–Trinajstić information content (AvgIpc) is 3.32. The van der Waals surface area contributed by atoms with Crippen molar-refractivity contribution in [2.75, 3.05) is 30.0 Å². The van der Waals surface area contributed by atoms with Crippen molar-refractivity contribution in [2.24, 2.45) is 0 Å². The fourth-order valence-electron chi connectivity index (χ4n) is 4.20. The maximum atomic E-state index is 13.2. The monoisotopic (exact) mass is 527 g/mol. The molecule has 0 saturated carbocycles. The first-order chi connectivity index (χ1) is 18.4. The minimum atomic E-state index is -0.313. The van der Waals surface area contributed by atoms with E-state index in [1.165, 1.54) is 4.90 Å². The van der Waals surface area contributed by atoms with Crippen molar-refractivity contribution >= 4 is 35.2 Å². The molecule has 0 bridgehead atoms. The van der Waals surface area contributed by atoms with E-state index in [1.807, 2.05) is 99.8 Å². The van der Waals surface area contributed by atoms with Crippen molar-refractivity contribution in [1.29, 1.82) is 0 Å². The van der Waals surface area contributed by atoms with E-state index < -0.39 is 0 Å². The Morgan fingerprint density at radius 3 is 2.34 bits per heavy atom. The molecule has 0 aliphatic carbocycles. The maximum absolute atomic E-state index is 13.2. The number of urea groups is 1. The molecule has 3 amide bonds. The Balaban J connectivity index is 1.56. The number of hydrogen-bond donors (Lipinski definition) is 2. The van der Waals surface area contributed by atoms with Gasteiger partial charge in [0.2, 0.25) is 5.91 Å². The van der Waals surface area contributed by atoms with Crippen molar-refractivity contribution < 1.29 is 9.59 Å². The van der Waals surface area contributed by atoms with E-state index in [1.54, 1.807) is 16.4 Å². The average molecular weight is 528 g/mol. The number of carbonyl (C=O) groups excluding carboxylic acids is 2. The maximum Gasteiger partial charge on any atom is 0.322 e. The first-order valence-electron chi connectivity index (χ1n) is 12.6. The normalized spacial score (nSPS) is 10.7. The highest BCUT2D eigenvalue weighted by molar-refractivity contribution is 7.98. The van der Waals surface area contributed by atoms with Crippen LogP contribution < -0.4 is 10.6 Å². The van der Waals surface area contributed by atoms with Gasteiger partial charge in [-0.3, -0.25) is 4.79 Å². The van der Waals surface area contributed by atoms with Gasteiger partial charge in [-0.15, -0.1) is 11.8 Å². The van der Waals surface area contributed by atoms with Gasteiger partial charge in [-0.2, -0.15) is 5.10 Å². The van der Waals surface area contributed by atoms with Crippen LogP contribution in [0.4, 0.5) is 16.3 Å². The number of amides is 3. The van der Waals surface area contributed by atoms with Crippen LogP contribution in [0.1, 0.15) is 24.5 Å². The lowest BCUT2D eigenvalue weighted by atomic mass is 10.1. The van der Waals surface area contributed by atoms with Gasteiger partial charge in [-0.05, 0) is 62.4 Å². The third kappa shape index (κ3) is 6.63. The Kier molecular flexibility index (Phi) is 8.86. The zero-order valence-corrected chi connectivity index (χ0v) is 23.0. The molecule has 0 unspecified atom stereocenters. The second-order valence-corrected chi connectivity index (χ2v) is 9.99. The molecule has 1 aromatic heterocycles. The summed E-state index contributed by atoms with van der Waals surface area (Å²) in [4.78, 5) is 28.9. The number of carbonyl (C=O) groups is 2. The van der Waals surface area contributed by atoms with E-state index in [0.717, 1.165) is 39.4 Å². The highest BCUT2D eigenvalue weighted by Gasteiger charge is 2.20. The second-order valence-electron chi connectivity index (χ2n) is 9.11. The van der Waals surface area contributed by atoms with Crippen LogP contribution in [0.3, 0.4) is 0 Å². The van der Waals surface area contributed by atoms with Crippen LogP contribution in [0, 0.1) is 13.8 Å². The molecule has 4 rings (SSSR count). The van der Waals surface area contributed by atoms with Crippen LogP contribution in [0.2, 0.25) is 0 Å². The van der Waals surface area contributed by atoms with Gasteiger partial charge in [0.15, 0.2) is 0 Å². The van der Waals surface area contributed by atoms with Gasteiger partial charge < -0.3 is 15.5 Å². The third-order valence-corrected chi connectivity index (χ3v) is 6.83. The topological polar surface area (TPSA) is 79.3 Å². The van der Waals surface area contributed by atoms with E-state index in [-0.39, 0.29) is 18.5 Å². The molecule has 196 valence electrons. The Labute approximate surface area is 228 Å². The van der Waals surface area contributed by atoms with Gasteiger partial charge in [0.25, 0.3) is 0 Å². The lowest BCUT2D eigenvalue weighted by molar-refractivity contribution is -0.116. The van der Waals surface area contributed by atoms with Crippen LogP contribution in [0.15, 0.2) is 83.8 Å². The number of thioether (sulfide) groups is 1. The molecule has 0 aliphatic rings. The number of nitrogens with zero attached hydrogens (tertiary/aromatic N) is 3. The molecule has 4 aromatic rings. The Morgan fingerprint density at radius 1 is 0.947 bits per heavy atom. The Hall–Kier alpha value is -4.04. The van der Waals surface area contributed by atoms with E-state index in [0.29, 0.717) is 18.1 Å². The number of hydrogen-bond acceptors (Lipinski definition) is 4. The summed E-state index contributed by atoms with van der Waals surface area (Å²) in [7, 11) is 0. The minimum Gasteiger partial charge on any atom is -0.315 e. The number of nitrogens with one attached hydrogen (secondary N) is 2. The van der Waals surface area contributed by atoms with Crippen LogP contribution in [-0.2, 0) is 4.79 Å². The highest BCUT2D eigenvalue weighted by atomic mass is 32.2. The summed E-state index contributed by atoms with van der Waals surface area (Å²) in [6.45, 7) is 6.42. The lowest BCUT2D eigenvalue weighted by Gasteiger charge is -2.22. The number of aryl methyl sites for hydroxylation is 2. The van der Waals surface area contributed by atoms with E-state index in [9.17, 15) is 9.59 Å². The van der Waals surface area contributed by atoms with Crippen molar-refractivity contribution in [3.05, 3.63) is 90.0 Å². The lowest BCUT2D eigenvalue weighted by Crippen LogP contribution is -2.41. The predicted molar refractivity (Wildman–Crippen MR) is 156 cm³/mol. The predicted octanol–water partition coefficient (Wildman–Crippen LogP) is 6.76. The van der Waals surface area contributed by atoms with Crippen molar-refractivity contribution in [3.63, 3.8) is 0 Å². The Bertz CT molecular complexity index is 1400. The van der Waals surface area contributed by atoms with E-state index in [4.69, 9.17) is 5.10 Å². The van der Waals surface area contributed by atoms with E-state index in [2.05, 4.69) is 16.7 Å². The molecule has 7 nitrogen and oxygen atoms in total. The first kappa shape index (κ1) is 27.0. The molecular formula is C30H33N5O2S. The molecule has 0 radical (unpaired) electrons. The Morgan fingerprint density at radius 2 is 1.68 bits per heavy atom. The van der Waals surface area contributed by atoms with Gasteiger partial charge >= 0.3 is 6.03 Å². The van der Waals surface area contributed by atoms with Crippen LogP contribution >= 0.6 is 11.8 Å². The largest absolute Gasteiger partial charge is 0.322 e. The smallest absolute Gasteiger partial charge is 0.315 e. The van der Waals surface area contributed by atoms with Crippen molar-refractivity contribution in [1.82, 2.24) is 14.7 Å². The molecule has 38 heavy (non-hydrogen) atoms. The third-order valence-electron chi connectivity index (χ3n) is 6.08. The summed E-state index contributed by atoms with van der Waals surface area (Å²) in [5.41, 5.74) is 5.46. The molecule has 0 atom stereocenters. The summed E-state index contributed by atoms with van der Waals surface area (Å²) >= 11 is 1.64. The number of rotatable bonds is 9. The van der Waals surface area contributed by atoms with Crippen LogP contribution in [-0.4, -0.2) is 46.0 Å². The number of aromatic nitrogens is 2. The molecule has 1 heterocycles. The quantitative estimate of drug-likeness (QED) is 0.236. The van der Waals surface area contributed by atoms with E-state index >= 15 is 0 Å². The summed E-state index contributed by atoms with van der Waals surface area (Å²) in [5.74, 6) is 0.252. The van der Waals surface area contributed by atoms with Gasteiger partial charge in [0.05, 0.1) is 11.4 Å². The summed E-state index contributed by atoms with van der Waals surface area (Å²) in [6.07, 6.45) is 2.73. The molecule has 0 spiro atoms. The summed E-state index contributed by atoms with van der Waals surface area (Å²) < 4.78 is 1.76. The highest BCUT2D eigenvalue weighted by Crippen LogP contribution is 2.27. The van der Waals surface area contributed by atoms with Crippen LogP contribution in [0.5, 0.6) is 0 Å². The molecular weight excluding hydrogens is 494 g/mol. The summed E-state index contributed by atoms with van der Waals surface area (Å²) in [5, 5.41) is 10.7. The zero-order chi connectivity index (χ0) is 27.1. The minimum absolute atomic E-state index is 0.0820. The van der Waals surface area contributed by atoms with Crippen LogP contribution in [0.25, 0.3) is 16.9 Å². The van der Waals surface area contributed by atoms with Gasteiger partial charge in [0, 0.05) is 28.8 Å². The standard InChI is InChI=1S/C30H33N5O2S/c1-5-17-34(30(37)31-24-12-14-25(38-4)15-13-24)20-29(36)32-28-19-26(23-9-7-6-8-10-23)33-35(28)27-16-11-21(2)18-22(27)3/h6-16,18-19H,5,17,20H2,1-4H3,(H,31,37)(H,32,36). The molecule has 0 saturated heterocycles. The molecule has 0 aliphatic heterocycles. The van der Waals surface area contributed by atoms with Gasteiger partial charge in [-0.25, -0.2) is 9.48 Å². The molecule has 8 heteroatoms.